The lowest BCUT2D eigenvalue weighted by Crippen LogP contribution is -2.24. The summed E-state index contributed by atoms with van der Waals surface area (Å²) in [5.74, 6) is 0.982. The van der Waals surface area contributed by atoms with E-state index in [-0.39, 0.29) is 0 Å². The molecule has 1 aromatic carbocycles. The molecule has 96 valence electrons. The van der Waals surface area contributed by atoms with E-state index < -0.39 is 0 Å². The van der Waals surface area contributed by atoms with E-state index >= 15 is 0 Å². The van der Waals surface area contributed by atoms with Crippen molar-refractivity contribution in [2.75, 3.05) is 25.5 Å². The summed E-state index contributed by atoms with van der Waals surface area (Å²) in [6.45, 7) is 2.59. The molecule has 4 heteroatoms. The zero-order chi connectivity index (χ0) is 12.8. The third-order valence-electron chi connectivity index (χ3n) is 2.69. The summed E-state index contributed by atoms with van der Waals surface area (Å²) in [5, 5.41) is 4.07. The lowest BCUT2D eigenvalue weighted by Gasteiger charge is -2.16. The van der Waals surface area contributed by atoms with Gasteiger partial charge in [0.25, 0.3) is 0 Å². The third kappa shape index (κ3) is 3.79. The van der Waals surface area contributed by atoms with E-state index in [1.165, 1.54) is 0 Å². The molecule has 1 heterocycles. The Morgan fingerprint density at radius 1 is 1.22 bits per heavy atom. The fourth-order valence-electron chi connectivity index (χ4n) is 1.73. The highest BCUT2D eigenvalue weighted by Gasteiger charge is 2.03. The number of likely N-dealkylation sites (N-methyl/N-ethyl adjacent to an activating group) is 1. The number of halogens is 1. The van der Waals surface area contributed by atoms with E-state index in [1.807, 2.05) is 36.4 Å². The molecule has 0 atom stereocenters. The molecule has 2 rings (SSSR count). The number of hydrogen-bond donors (Lipinski definition) is 1. The lowest BCUT2D eigenvalue weighted by molar-refractivity contribution is 0.305. The average molecular weight is 265 g/mol. The summed E-state index contributed by atoms with van der Waals surface area (Å²) in [7, 11) is 2.07. The van der Waals surface area contributed by atoms with Gasteiger partial charge in [0, 0.05) is 13.1 Å². The highest BCUT2D eigenvalue weighted by molar-refractivity contribution is 6.33. The second-order valence-electron chi connectivity index (χ2n) is 4.22. The molecule has 0 aliphatic rings. The molecule has 0 aliphatic heterocycles. The van der Waals surface area contributed by atoms with Gasteiger partial charge < -0.3 is 9.73 Å². The summed E-state index contributed by atoms with van der Waals surface area (Å²) in [6, 6.07) is 11.7. The number of para-hydroxylation sites is 1. The molecule has 3 nitrogen and oxygen atoms in total. The van der Waals surface area contributed by atoms with Crippen molar-refractivity contribution >= 4 is 17.3 Å². The first-order valence-corrected chi connectivity index (χ1v) is 6.33. The number of anilines is 1. The van der Waals surface area contributed by atoms with Crippen LogP contribution in [-0.2, 0) is 6.54 Å². The fourth-order valence-corrected chi connectivity index (χ4v) is 1.94. The van der Waals surface area contributed by atoms with Crippen LogP contribution in [0.4, 0.5) is 5.69 Å². The fraction of sp³-hybridized carbons (Fsp3) is 0.286. The first kappa shape index (κ1) is 13.0. The minimum absolute atomic E-state index is 0.756. The van der Waals surface area contributed by atoms with Gasteiger partial charge in [-0.15, -0.1) is 0 Å². The molecule has 0 saturated heterocycles. The Bertz CT molecular complexity index is 470. The van der Waals surface area contributed by atoms with E-state index in [4.69, 9.17) is 16.0 Å². The minimum Gasteiger partial charge on any atom is -0.468 e. The van der Waals surface area contributed by atoms with Gasteiger partial charge in [-0.25, -0.2) is 0 Å². The number of benzene rings is 1. The van der Waals surface area contributed by atoms with Crippen LogP contribution < -0.4 is 5.32 Å². The van der Waals surface area contributed by atoms with E-state index in [2.05, 4.69) is 17.3 Å². The first-order valence-electron chi connectivity index (χ1n) is 5.95. The summed E-state index contributed by atoms with van der Waals surface area (Å²) in [4.78, 5) is 2.20. The summed E-state index contributed by atoms with van der Waals surface area (Å²) in [6.07, 6.45) is 1.70. The Morgan fingerprint density at radius 2 is 2.06 bits per heavy atom. The SMILES string of the molecule is CN(CCNc1ccccc1Cl)Cc1ccco1. The molecule has 1 N–H and O–H groups in total. The maximum Gasteiger partial charge on any atom is 0.117 e. The molecule has 0 radical (unpaired) electrons. The zero-order valence-corrected chi connectivity index (χ0v) is 11.2. The predicted octanol–water partition coefficient (Wildman–Crippen LogP) is 3.48. The monoisotopic (exact) mass is 264 g/mol. The van der Waals surface area contributed by atoms with Crippen molar-refractivity contribution in [2.45, 2.75) is 6.54 Å². The summed E-state index contributed by atoms with van der Waals surface area (Å²) >= 11 is 6.06. The normalized spacial score (nSPS) is 10.8. The van der Waals surface area contributed by atoms with Crippen LogP contribution in [0.25, 0.3) is 0 Å². The van der Waals surface area contributed by atoms with Crippen molar-refractivity contribution < 1.29 is 4.42 Å². The zero-order valence-electron chi connectivity index (χ0n) is 10.4. The summed E-state index contributed by atoms with van der Waals surface area (Å²) < 4.78 is 5.30. The van der Waals surface area contributed by atoms with Crippen LogP contribution in [0.2, 0.25) is 5.02 Å². The maximum atomic E-state index is 6.06. The molecular weight excluding hydrogens is 248 g/mol. The van der Waals surface area contributed by atoms with Gasteiger partial charge in [0.1, 0.15) is 5.76 Å². The number of hydrogen-bond acceptors (Lipinski definition) is 3. The highest BCUT2D eigenvalue weighted by atomic mass is 35.5. The molecule has 0 amide bonds. The minimum atomic E-state index is 0.756. The maximum absolute atomic E-state index is 6.06. The molecule has 2 aromatic rings. The Kier molecular flexibility index (Phi) is 4.67. The van der Waals surface area contributed by atoms with Gasteiger partial charge in [-0.3, -0.25) is 4.90 Å². The Hall–Kier alpha value is -1.45. The topological polar surface area (TPSA) is 28.4 Å². The van der Waals surface area contributed by atoms with Crippen LogP contribution in [0, 0.1) is 0 Å². The molecule has 0 saturated carbocycles. The van der Waals surface area contributed by atoms with Gasteiger partial charge in [0.05, 0.1) is 23.5 Å². The van der Waals surface area contributed by atoms with Crippen molar-refractivity contribution in [3.8, 4) is 0 Å². The van der Waals surface area contributed by atoms with Crippen LogP contribution >= 0.6 is 11.6 Å². The van der Waals surface area contributed by atoms with Crippen LogP contribution in [0.15, 0.2) is 47.1 Å². The Labute approximate surface area is 112 Å². The Morgan fingerprint density at radius 3 is 2.78 bits per heavy atom. The summed E-state index contributed by atoms with van der Waals surface area (Å²) in [5.41, 5.74) is 0.977. The quantitative estimate of drug-likeness (QED) is 0.866. The predicted molar refractivity (Wildman–Crippen MR) is 75.0 cm³/mol. The number of nitrogens with one attached hydrogen (secondary N) is 1. The standard InChI is InChI=1S/C14H17ClN2O/c1-17(11-12-5-4-10-18-12)9-8-16-14-7-3-2-6-13(14)15/h2-7,10,16H,8-9,11H2,1H3. The van der Waals surface area contributed by atoms with Crippen molar-refractivity contribution in [2.24, 2.45) is 0 Å². The van der Waals surface area contributed by atoms with Crippen molar-refractivity contribution in [1.82, 2.24) is 4.90 Å². The van der Waals surface area contributed by atoms with Gasteiger partial charge >= 0.3 is 0 Å². The molecular formula is C14H17ClN2O. The van der Waals surface area contributed by atoms with Crippen LogP contribution in [0.3, 0.4) is 0 Å². The van der Waals surface area contributed by atoms with Crippen LogP contribution in [-0.4, -0.2) is 25.0 Å². The lowest BCUT2D eigenvalue weighted by atomic mass is 10.3. The number of furan rings is 1. The number of rotatable bonds is 6. The molecule has 0 unspecified atom stereocenters. The molecule has 1 aromatic heterocycles. The van der Waals surface area contributed by atoms with E-state index in [0.29, 0.717) is 0 Å². The van der Waals surface area contributed by atoms with Gasteiger partial charge in [-0.1, -0.05) is 23.7 Å². The van der Waals surface area contributed by atoms with Crippen molar-refractivity contribution in [3.05, 3.63) is 53.4 Å². The molecule has 0 fully saturated rings. The number of nitrogens with zero attached hydrogens (tertiary/aromatic N) is 1. The second kappa shape index (κ2) is 6.47. The molecule has 0 bridgehead atoms. The average Bonchev–Trinajstić information content (AvgIpc) is 2.84. The van der Waals surface area contributed by atoms with E-state index in [1.54, 1.807) is 6.26 Å². The molecule has 0 aliphatic carbocycles. The van der Waals surface area contributed by atoms with Gasteiger partial charge in [-0.05, 0) is 31.3 Å². The third-order valence-corrected chi connectivity index (χ3v) is 3.02. The van der Waals surface area contributed by atoms with E-state index in [9.17, 15) is 0 Å². The van der Waals surface area contributed by atoms with Crippen LogP contribution in [0.5, 0.6) is 0 Å². The van der Waals surface area contributed by atoms with Crippen molar-refractivity contribution in [1.29, 1.82) is 0 Å². The largest absolute Gasteiger partial charge is 0.468 e. The van der Waals surface area contributed by atoms with Gasteiger partial charge in [0.15, 0.2) is 0 Å². The molecule has 0 spiro atoms. The van der Waals surface area contributed by atoms with Gasteiger partial charge in [-0.2, -0.15) is 0 Å². The van der Waals surface area contributed by atoms with Crippen molar-refractivity contribution in [3.63, 3.8) is 0 Å². The molecule has 18 heavy (non-hydrogen) atoms. The smallest absolute Gasteiger partial charge is 0.117 e. The second-order valence-corrected chi connectivity index (χ2v) is 4.63. The highest BCUT2D eigenvalue weighted by Crippen LogP contribution is 2.19. The Balaban J connectivity index is 1.74. The first-order chi connectivity index (χ1) is 8.75. The van der Waals surface area contributed by atoms with E-state index in [0.717, 1.165) is 36.1 Å². The van der Waals surface area contributed by atoms with Crippen LogP contribution in [0.1, 0.15) is 5.76 Å². The van der Waals surface area contributed by atoms with Gasteiger partial charge in [0.2, 0.25) is 0 Å².